The van der Waals surface area contributed by atoms with Gasteiger partial charge in [-0.2, -0.15) is 18.3 Å². The molecule has 0 saturated carbocycles. The zero-order chi connectivity index (χ0) is 26.8. The van der Waals surface area contributed by atoms with Crippen molar-refractivity contribution in [3.05, 3.63) is 58.4 Å². The fourth-order valence-electron chi connectivity index (χ4n) is 4.10. The molecule has 194 valence electrons. The highest BCUT2D eigenvalue weighted by Crippen LogP contribution is 2.44. The predicted molar refractivity (Wildman–Crippen MR) is 129 cm³/mol. The van der Waals surface area contributed by atoms with Crippen LogP contribution in [0.3, 0.4) is 0 Å². The number of aliphatic hydroxyl groups excluding tert-OH is 1. The van der Waals surface area contributed by atoms with Gasteiger partial charge in [0.05, 0.1) is 22.3 Å². The summed E-state index contributed by atoms with van der Waals surface area (Å²) in [5, 5.41) is 15.0. The number of hydrogen-bond donors (Lipinski definition) is 1. The molecule has 2 aromatic rings. The van der Waals surface area contributed by atoms with E-state index >= 15 is 0 Å². The average Bonchev–Trinajstić information content (AvgIpc) is 2.83. The third-order valence-corrected chi connectivity index (χ3v) is 6.50. The highest BCUT2D eigenvalue weighted by atomic mass is 35.5. The first kappa shape index (κ1) is 27.4. The van der Waals surface area contributed by atoms with Crippen LogP contribution in [-0.4, -0.2) is 61.1 Å². The predicted octanol–water partition coefficient (Wildman–Crippen LogP) is 4.64. The van der Waals surface area contributed by atoms with E-state index in [1.54, 1.807) is 6.92 Å². The lowest BCUT2D eigenvalue weighted by atomic mass is 9.80. The van der Waals surface area contributed by atoms with Crippen LogP contribution in [0.4, 0.5) is 28.9 Å². The van der Waals surface area contributed by atoms with Gasteiger partial charge in [-0.3, -0.25) is 19.5 Å². The summed E-state index contributed by atoms with van der Waals surface area (Å²) in [5.74, 6) is -4.58. The fraction of sp³-hybridized carbons (Fsp3) is 0.375. The van der Waals surface area contributed by atoms with Crippen molar-refractivity contribution >= 4 is 41.1 Å². The lowest BCUT2D eigenvalue weighted by Gasteiger charge is -2.38. The molecule has 1 aliphatic rings. The van der Waals surface area contributed by atoms with Crippen LogP contribution in [0.1, 0.15) is 35.7 Å². The Morgan fingerprint density at radius 1 is 1.33 bits per heavy atom. The van der Waals surface area contributed by atoms with Crippen LogP contribution in [0.2, 0.25) is 5.02 Å². The summed E-state index contributed by atoms with van der Waals surface area (Å²) in [7, 11) is 1.49. The Labute approximate surface area is 210 Å². The molecule has 2 aromatic carbocycles. The van der Waals surface area contributed by atoms with Crippen LogP contribution < -0.4 is 9.91 Å². The number of carbonyl (C=O) groups is 2. The van der Waals surface area contributed by atoms with Crippen molar-refractivity contribution in [2.75, 3.05) is 36.7 Å². The fourth-order valence-corrected chi connectivity index (χ4v) is 4.37. The summed E-state index contributed by atoms with van der Waals surface area (Å²) in [4.78, 5) is 26.6. The average molecular weight is 529 g/mol. The van der Waals surface area contributed by atoms with Gasteiger partial charge in [0.2, 0.25) is 6.41 Å². The molecular weight excluding hydrogens is 504 g/mol. The molecule has 0 aromatic heterocycles. The molecule has 1 N–H and O–H groups in total. The minimum atomic E-state index is -4.59. The Morgan fingerprint density at radius 3 is 2.58 bits per heavy atom. The van der Waals surface area contributed by atoms with Gasteiger partial charge in [0.1, 0.15) is 12.4 Å². The number of hydrogen-bond acceptors (Lipinski definition) is 5. The molecule has 0 saturated heterocycles. The van der Waals surface area contributed by atoms with Gasteiger partial charge in [0, 0.05) is 31.6 Å². The molecule has 0 aliphatic carbocycles. The van der Waals surface area contributed by atoms with Crippen LogP contribution in [0, 0.1) is 11.7 Å². The van der Waals surface area contributed by atoms with Gasteiger partial charge in [0.25, 0.3) is 5.91 Å². The minimum Gasteiger partial charge on any atom is -0.388 e. The number of fused-ring (bicyclic) bond motifs is 1. The van der Waals surface area contributed by atoms with E-state index in [1.807, 2.05) is 0 Å². The molecule has 2 unspecified atom stereocenters. The van der Waals surface area contributed by atoms with Crippen LogP contribution in [0.5, 0.6) is 0 Å². The number of halogens is 5. The summed E-state index contributed by atoms with van der Waals surface area (Å²) in [5.41, 5.74) is 0.155. The molecule has 0 fully saturated rings. The molecule has 0 bridgehead atoms. The smallest absolute Gasteiger partial charge is 0.388 e. The van der Waals surface area contributed by atoms with E-state index in [2.05, 4.69) is 5.10 Å². The molecule has 0 radical (unpaired) electrons. The van der Waals surface area contributed by atoms with E-state index in [-0.39, 0.29) is 34.2 Å². The molecule has 2 atom stereocenters. The van der Waals surface area contributed by atoms with Crippen LogP contribution in [0.25, 0.3) is 0 Å². The molecule has 1 aliphatic heterocycles. The first-order valence-electron chi connectivity index (χ1n) is 11.0. The second-order valence-electron chi connectivity index (χ2n) is 8.28. The number of anilines is 2. The van der Waals surface area contributed by atoms with Crippen molar-refractivity contribution in [3.8, 4) is 0 Å². The normalized spacial score (nSPS) is 17.0. The Balaban J connectivity index is 2.12. The van der Waals surface area contributed by atoms with E-state index in [0.717, 1.165) is 17.9 Å². The molecule has 0 spiro atoms. The Hall–Kier alpha value is -3.18. The third kappa shape index (κ3) is 5.31. The van der Waals surface area contributed by atoms with Crippen LogP contribution in [0.15, 0.2) is 41.5 Å². The zero-order valence-electron chi connectivity index (χ0n) is 19.8. The number of hydrazone groups is 1. The van der Waals surface area contributed by atoms with Crippen molar-refractivity contribution in [2.45, 2.75) is 25.9 Å². The lowest BCUT2D eigenvalue weighted by Crippen LogP contribution is -2.44. The van der Waals surface area contributed by atoms with Crippen molar-refractivity contribution in [2.24, 2.45) is 11.0 Å². The summed E-state index contributed by atoms with van der Waals surface area (Å²) >= 11 is 6.12. The SMILES string of the molecule is CCN(C=O)/C(CO)=N\N(C)c1ccc2c(c1)C(C(C)C(F)(F)F)CN(c1c(F)cccc1Cl)C2=O. The largest absolute Gasteiger partial charge is 0.392 e. The topological polar surface area (TPSA) is 76.5 Å². The number of alkyl halides is 3. The number of benzene rings is 2. The second-order valence-corrected chi connectivity index (χ2v) is 8.69. The Morgan fingerprint density at radius 2 is 2.03 bits per heavy atom. The van der Waals surface area contributed by atoms with E-state index < -0.39 is 42.9 Å². The summed E-state index contributed by atoms with van der Waals surface area (Å²) in [6.45, 7) is 1.94. The molecule has 12 heteroatoms. The van der Waals surface area contributed by atoms with Gasteiger partial charge in [-0.15, -0.1) is 0 Å². The highest BCUT2D eigenvalue weighted by Gasteiger charge is 2.46. The Kier molecular flexibility index (Phi) is 8.25. The minimum absolute atomic E-state index is 0.0201. The van der Waals surface area contributed by atoms with Gasteiger partial charge >= 0.3 is 6.18 Å². The number of rotatable bonds is 7. The van der Waals surface area contributed by atoms with Gasteiger partial charge in [-0.25, -0.2) is 4.39 Å². The van der Waals surface area contributed by atoms with E-state index in [1.165, 1.54) is 47.3 Å². The standard InChI is InChI=1S/C24H25ClF4N4O3/c1-4-32(13-35)21(12-34)30-31(3)15-8-9-16-17(10-15)18(14(2)24(27,28)29)11-33(23(16)36)22-19(25)6-5-7-20(22)26/h5-10,13-14,18,34H,4,11-12H2,1-3H3/b30-21-. The first-order chi connectivity index (χ1) is 16.9. The van der Waals surface area contributed by atoms with Gasteiger partial charge in [0.15, 0.2) is 5.84 Å². The van der Waals surface area contributed by atoms with Gasteiger partial charge < -0.3 is 10.0 Å². The van der Waals surface area contributed by atoms with Crippen molar-refractivity contribution in [1.29, 1.82) is 0 Å². The summed E-state index contributed by atoms with van der Waals surface area (Å²) in [6, 6.07) is 8.02. The molecule has 36 heavy (non-hydrogen) atoms. The summed E-state index contributed by atoms with van der Waals surface area (Å²) in [6.07, 6.45) is -4.10. The number of carbonyl (C=O) groups excluding carboxylic acids is 2. The first-order valence-corrected chi connectivity index (χ1v) is 11.4. The van der Waals surface area contributed by atoms with Gasteiger partial charge in [-0.1, -0.05) is 24.6 Å². The molecule has 3 rings (SSSR count). The maximum Gasteiger partial charge on any atom is 0.392 e. The quantitative estimate of drug-likeness (QED) is 0.187. The number of nitrogens with zero attached hydrogens (tertiary/aromatic N) is 4. The molecular formula is C24H25ClF4N4O3. The maximum atomic E-state index is 14.6. The number of amides is 2. The van der Waals surface area contributed by atoms with E-state index in [4.69, 9.17) is 11.6 Å². The number of para-hydroxylation sites is 1. The molecule has 7 nitrogen and oxygen atoms in total. The number of amidine groups is 1. The van der Waals surface area contributed by atoms with E-state index in [9.17, 15) is 32.3 Å². The Bertz CT molecular complexity index is 1150. The third-order valence-electron chi connectivity index (χ3n) is 6.20. The lowest BCUT2D eigenvalue weighted by molar-refractivity contribution is -0.175. The second kappa shape index (κ2) is 10.8. The van der Waals surface area contributed by atoms with Crippen molar-refractivity contribution in [1.82, 2.24) is 4.90 Å². The zero-order valence-corrected chi connectivity index (χ0v) is 20.5. The number of likely N-dealkylation sites (N-methyl/N-ethyl adjacent to an activating group) is 1. The van der Waals surface area contributed by atoms with Crippen LogP contribution in [-0.2, 0) is 4.79 Å². The monoisotopic (exact) mass is 528 g/mol. The van der Waals surface area contributed by atoms with Crippen molar-refractivity contribution in [3.63, 3.8) is 0 Å². The summed E-state index contributed by atoms with van der Waals surface area (Å²) < 4.78 is 56.2. The van der Waals surface area contributed by atoms with Crippen LogP contribution >= 0.6 is 11.6 Å². The molecule has 1 heterocycles. The maximum absolute atomic E-state index is 14.6. The van der Waals surface area contributed by atoms with E-state index in [0.29, 0.717) is 12.1 Å². The van der Waals surface area contributed by atoms with Crippen molar-refractivity contribution < 1.29 is 32.3 Å². The number of aliphatic hydroxyl groups is 1. The highest BCUT2D eigenvalue weighted by molar-refractivity contribution is 6.34. The van der Waals surface area contributed by atoms with Gasteiger partial charge in [-0.05, 0) is 42.8 Å². The molecule has 2 amide bonds.